The van der Waals surface area contributed by atoms with Gasteiger partial charge in [-0.2, -0.15) is 0 Å². The van der Waals surface area contributed by atoms with Gasteiger partial charge in [-0.1, -0.05) is 12.1 Å². The van der Waals surface area contributed by atoms with Gasteiger partial charge in [0.2, 0.25) is 0 Å². The van der Waals surface area contributed by atoms with Crippen molar-refractivity contribution in [2.75, 3.05) is 19.8 Å². The lowest BCUT2D eigenvalue weighted by Gasteiger charge is -2.15. The molecule has 9 nitrogen and oxygen atoms in total. The summed E-state index contributed by atoms with van der Waals surface area (Å²) in [5.41, 5.74) is 3.45. The summed E-state index contributed by atoms with van der Waals surface area (Å²) in [6.45, 7) is 6.63. The molecule has 0 N–H and O–H groups in total. The zero-order valence-corrected chi connectivity index (χ0v) is 24.5. The number of nitro benzene ring substituents is 1. The number of benzene rings is 3. The van der Waals surface area contributed by atoms with E-state index in [0.717, 1.165) is 34.2 Å². The van der Waals surface area contributed by atoms with Crippen LogP contribution in [0.25, 0.3) is 6.08 Å². The Hall–Kier alpha value is -3.83. The van der Waals surface area contributed by atoms with Gasteiger partial charge < -0.3 is 14.2 Å². The molecule has 1 fully saturated rings. The van der Waals surface area contributed by atoms with E-state index in [4.69, 9.17) is 14.2 Å². The molecule has 0 saturated carbocycles. The van der Waals surface area contributed by atoms with E-state index in [9.17, 15) is 19.7 Å². The summed E-state index contributed by atoms with van der Waals surface area (Å²) in [4.78, 5) is 37.5. The highest BCUT2D eigenvalue weighted by Crippen LogP contribution is 2.40. The van der Waals surface area contributed by atoms with Gasteiger partial charge in [0.1, 0.15) is 19.0 Å². The van der Waals surface area contributed by atoms with E-state index in [1.165, 1.54) is 17.0 Å². The van der Waals surface area contributed by atoms with Gasteiger partial charge in [-0.05, 0) is 107 Å². The Morgan fingerprint density at radius 1 is 1.00 bits per heavy atom. The third-order valence-corrected chi connectivity index (χ3v) is 7.45. The van der Waals surface area contributed by atoms with Crippen LogP contribution in [0, 0.1) is 24.0 Å². The minimum atomic E-state index is -0.456. The Bertz CT molecular complexity index is 1470. The topological polar surface area (TPSA) is 108 Å². The van der Waals surface area contributed by atoms with Crippen molar-refractivity contribution in [3.63, 3.8) is 0 Å². The maximum atomic E-state index is 13.0. The number of hydrogen-bond donors (Lipinski definition) is 0. The van der Waals surface area contributed by atoms with E-state index in [1.807, 2.05) is 39.0 Å². The van der Waals surface area contributed by atoms with Crippen LogP contribution < -0.4 is 14.2 Å². The molecule has 4 rings (SSSR count). The number of thioether (sulfide) groups is 1. The molecule has 11 heteroatoms. The van der Waals surface area contributed by atoms with E-state index in [2.05, 4.69) is 15.9 Å². The minimum Gasteiger partial charge on any atom is -0.491 e. The van der Waals surface area contributed by atoms with Crippen molar-refractivity contribution in [3.8, 4) is 17.2 Å². The zero-order chi connectivity index (χ0) is 28.8. The van der Waals surface area contributed by atoms with E-state index in [-0.39, 0.29) is 36.6 Å². The SMILES string of the molecule is CCOc1cc(/C=C2\SC(=O)N(CCOc3cc(C)ccc3C)C2=O)cc(Br)c1OCc1ccc([N+](=O)[O-])cc1. The van der Waals surface area contributed by atoms with Crippen molar-refractivity contribution in [3.05, 3.63) is 96.3 Å². The molecule has 1 aliphatic rings. The van der Waals surface area contributed by atoms with Crippen molar-refractivity contribution >= 4 is 50.6 Å². The van der Waals surface area contributed by atoms with Crippen molar-refractivity contribution in [2.24, 2.45) is 0 Å². The number of carbonyl (C=O) groups is 2. The van der Waals surface area contributed by atoms with Gasteiger partial charge in [0.15, 0.2) is 11.5 Å². The summed E-state index contributed by atoms with van der Waals surface area (Å²) < 4.78 is 18.2. The fraction of sp³-hybridized carbons (Fsp3) is 0.241. The normalized spacial score (nSPS) is 14.1. The second kappa shape index (κ2) is 13.0. The van der Waals surface area contributed by atoms with Crippen LogP contribution in [0.5, 0.6) is 17.2 Å². The summed E-state index contributed by atoms with van der Waals surface area (Å²) in [7, 11) is 0. The quantitative estimate of drug-likeness (QED) is 0.126. The molecule has 1 aliphatic heterocycles. The van der Waals surface area contributed by atoms with Crippen LogP contribution in [0.1, 0.15) is 29.2 Å². The van der Waals surface area contributed by atoms with Gasteiger partial charge >= 0.3 is 0 Å². The van der Waals surface area contributed by atoms with Crippen molar-refractivity contribution in [1.29, 1.82) is 0 Å². The lowest BCUT2D eigenvalue weighted by molar-refractivity contribution is -0.384. The van der Waals surface area contributed by atoms with Crippen LogP contribution in [0.3, 0.4) is 0 Å². The monoisotopic (exact) mass is 626 g/mol. The number of rotatable bonds is 11. The highest BCUT2D eigenvalue weighted by molar-refractivity contribution is 9.10. The fourth-order valence-electron chi connectivity index (χ4n) is 3.90. The number of amides is 2. The first-order valence-corrected chi connectivity index (χ1v) is 14.0. The van der Waals surface area contributed by atoms with Crippen LogP contribution in [-0.2, 0) is 11.4 Å². The molecule has 208 valence electrons. The van der Waals surface area contributed by atoms with Crippen LogP contribution in [0.2, 0.25) is 0 Å². The molecule has 40 heavy (non-hydrogen) atoms. The Kier molecular flexibility index (Phi) is 9.49. The molecule has 1 saturated heterocycles. The molecule has 2 amide bonds. The summed E-state index contributed by atoms with van der Waals surface area (Å²) in [5, 5.41) is 10.5. The van der Waals surface area contributed by atoms with Gasteiger partial charge in [0, 0.05) is 12.1 Å². The number of ether oxygens (including phenoxy) is 3. The highest BCUT2D eigenvalue weighted by Gasteiger charge is 2.35. The van der Waals surface area contributed by atoms with Gasteiger partial charge in [0.25, 0.3) is 16.8 Å². The summed E-state index contributed by atoms with van der Waals surface area (Å²) >= 11 is 4.39. The number of nitro groups is 1. The first kappa shape index (κ1) is 29.2. The number of carbonyl (C=O) groups excluding carboxylic acids is 2. The molecule has 0 unspecified atom stereocenters. The number of aryl methyl sites for hydroxylation is 2. The Morgan fingerprint density at radius 2 is 1.75 bits per heavy atom. The second-order valence-corrected chi connectivity index (χ2v) is 10.8. The third-order valence-electron chi connectivity index (χ3n) is 5.95. The molecular formula is C29H27BrN2O7S. The molecular weight excluding hydrogens is 600 g/mol. The molecule has 0 aliphatic carbocycles. The first-order valence-electron chi connectivity index (χ1n) is 12.4. The highest BCUT2D eigenvalue weighted by atomic mass is 79.9. The maximum Gasteiger partial charge on any atom is 0.293 e. The summed E-state index contributed by atoms with van der Waals surface area (Å²) in [6.07, 6.45) is 1.64. The Labute approximate surface area is 244 Å². The van der Waals surface area contributed by atoms with Crippen molar-refractivity contribution in [1.82, 2.24) is 4.90 Å². The molecule has 1 heterocycles. The van der Waals surface area contributed by atoms with Gasteiger partial charge in [-0.3, -0.25) is 24.6 Å². The van der Waals surface area contributed by atoms with Crippen LogP contribution >= 0.6 is 27.7 Å². The standard InChI is InChI=1S/C29H27BrN2O7S/c1-4-37-25-15-21(14-23(30)27(25)39-17-20-7-9-22(10-8-20)32(35)36)16-26-28(33)31(29(34)40-26)11-12-38-24-13-18(2)5-6-19(24)3/h5-10,13-16H,4,11-12,17H2,1-3H3/b26-16-. The molecule has 0 atom stereocenters. The molecule has 0 radical (unpaired) electrons. The van der Waals surface area contributed by atoms with Gasteiger partial charge in [-0.25, -0.2) is 0 Å². The minimum absolute atomic E-state index is 0.00241. The number of non-ortho nitro benzene ring substituents is 1. The van der Waals surface area contributed by atoms with Crippen molar-refractivity contribution < 1.29 is 28.7 Å². The van der Waals surface area contributed by atoms with Gasteiger partial charge in [-0.15, -0.1) is 0 Å². The largest absolute Gasteiger partial charge is 0.491 e. The predicted octanol–water partition coefficient (Wildman–Crippen LogP) is 7.07. The lowest BCUT2D eigenvalue weighted by Crippen LogP contribution is -2.32. The van der Waals surface area contributed by atoms with E-state index < -0.39 is 4.92 Å². The smallest absolute Gasteiger partial charge is 0.293 e. The third kappa shape index (κ3) is 7.02. The predicted molar refractivity (Wildman–Crippen MR) is 157 cm³/mol. The average Bonchev–Trinajstić information content (AvgIpc) is 3.17. The number of imide groups is 1. The molecule has 0 aromatic heterocycles. The Balaban J connectivity index is 1.45. The molecule has 3 aromatic rings. The summed E-state index contributed by atoms with van der Waals surface area (Å²) in [6, 6.07) is 15.5. The number of halogens is 1. The van der Waals surface area contributed by atoms with Crippen LogP contribution in [0.15, 0.2) is 64.0 Å². The molecule has 0 bridgehead atoms. The number of hydrogen-bond acceptors (Lipinski definition) is 8. The van der Waals surface area contributed by atoms with E-state index in [1.54, 1.807) is 30.3 Å². The molecule has 0 spiro atoms. The second-order valence-electron chi connectivity index (χ2n) is 8.93. The average molecular weight is 628 g/mol. The Morgan fingerprint density at radius 3 is 2.45 bits per heavy atom. The summed E-state index contributed by atoms with van der Waals surface area (Å²) in [5.74, 6) is 1.25. The molecule has 3 aromatic carbocycles. The van der Waals surface area contributed by atoms with E-state index >= 15 is 0 Å². The van der Waals surface area contributed by atoms with Crippen LogP contribution in [0.4, 0.5) is 10.5 Å². The fourth-order valence-corrected chi connectivity index (χ4v) is 5.34. The zero-order valence-electron chi connectivity index (χ0n) is 22.1. The van der Waals surface area contributed by atoms with Gasteiger partial charge in [0.05, 0.1) is 27.5 Å². The van der Waals surface area contributed by atoms with Crippen molar-refractivity contribution in [2.45, 2.75) is 27.4 Å². The van der Waals surface area contributed by atoms with E-state index in [0.29, 0.717) is 33.0 Å². The van der Waals surface area contributed by atoms with Crippen LogP contribution in [-0.4, -0.2) is 40.7 Å². The first-order chi connectivity index (χ1) is 19.2. The maximum absolute atomic E-state index is 13.0. The number of nitrogens with zero attached hydrogens (tertiary/aromatic N) is 2. The lowest BCUT2D eigenvalue weighted by atomic mass is 10.1.